The molecule has 13 heavy (non-hydrogen) atoms. The lowest BCUT2D eigenvalue weighted by molar-refractivity contribution is 0.591. The minimum absolute atomic E-state index is 0.688. The normalized spacial score (nSPS) is 14.3. The Morgan fingerprint density at radius 2 is 1.31 bits per heavy atom. The van der Waals surface area contributed by atoms with E-state index in [9.17, 15) is 25.3 Å². The molecule has 0 aliphatic carbocycles. The number of rotatable bonds is 4. The zero-order valence-electron chi connectivity index (χ0n) is 6.67. The van der Waals surface area contributed by atoms with Gasteiger partial charge in [-0.2, -0.15) is 0 Å². The summed E-state index contributed by atoms with van der Waals surface area (Å²) in [5, 5.41) is -2.57. The first-order chi connectivity index (χ1) is 5.41. The van der Waals surface area contributed by atoms with Gasteiger partial charge in [-0.3, -0.25) is 0 Å². The van der Waals surface area contributed by atoms with Gasteiger partial charge in [0.05, 0.1) is 6.26 Å². The highest BCUT2D eigenvalue weighted by Gasteiger charge is 2.23. The molecule has 0 heterocycles. The van der Waals surface area contributed by atoms with Crippen molar-refractivity contribution < 1.29 is 25.3 Å². The van der Waals surface area contributed by atoms with Gasteiger partial charge in [-0.15, -0.1) is 0 Å². The lowest BCUT2D eigenvalue weighted by atomic mass is 11.8. The molecule has 9 heteroatoms. The van der Waals surface area contributed by atoms with Crippen molar-refractivity contribution in [2.45, 2.75) is 0 Å². The van der Waals surface area contributed by atoms with E-state index in [2.05, 4.69) is 6.26 Å². The van der Waals surface area contributed by atoms with E-state index in [0.29, 0.717) is 6.26 Å². The monoisotopic (exact) mass is 248 g/mol. The van der Waals surface area contributed by atoms with E-state index >= 15 is 0 Å². The molecule has 0 N–H and O–H groups in total. The van der Waals surface area contributed by atoms with Crippen molar-refractivity contribution >= 4 is 29.5 Å². The van der Waals surface area contributed by atoms with E-state index in [1.165, 1.54) is 0 Å². The molecule has 0 spiro atoms. The Morgan fingerprint density at radius 3 is 1.54 bits per heavy atom. The first-order valence-electron chi connectivity index (χ1n) is 2.80. The Bertz CT molecular complexity index is 424. The number of sulfone groups is 3. The van der Waals surface area contributed by atoms with Crippen molar-refractivity contribution in [3.8, 4) is 0 Å². The Kier molecular flexibility index (Phi) is 3.50. The van der Waals surface area contributed by atoms with Crippen molar-refractivity contribution in [2.75, 3.05) is 16.4 Å². The van der Waals surface area contributed by atoms with Gasteiger partial charge < -0.3 is 0 Å². The second kappa shape index (κ2) is 3.54. The molecule has 0 fully saturated rings. The predicted molar refractivity (Wildman–Crippen MR) is 46.7 cm³/mol. The summed E-state index contributed by atoms with van der Waals surface area (Å²) in [5.41, 5.74) is 0. The van der Waals surface area contributed by atoms with Crippen LogP contribution in [0.25, 0.3) is 0 Å². The maximum atomic E-state index is 10.8. The van der Waals surface area contributed by atoms with Crippen LogP contribution in [-0.4, -0.2) is 41.7 Å². The van der Waals surface area contributed by atoms with Crippen LogP contribution < -0.4 is 0 Å². The topological polar surface area (TPSA) is 102 Å². The molecule has 0 amide bonds. The standard InChI is InChI=1S/C4H8O6S3/c1-11(5,6)3-13(9,10)4-12(2,7)8/h1H,3-4H2,2H3. The molecule has 0 saturated heterocycles. The molecule has 78 valence electrons. The lowest BCUT2D eigenvalue weighted by Gasteiger charge is -1.99. The first-order valence-corrected chi connectivity index (χ1v) is 8.40. The average Bonchev–Trinajstić information content (AvgIpc) is 1.43. The zero-order valence-corrected chi connectivity index (χ0v) is 9.12. The van der Waals surface area contributed by atoms with Crippen molar-refractivity contribution in [2.24, 2.45) is 0 Å². The SMILES string of the molecule is [CH]S(=O)(=O)CS(=O)(=O)CS(C)(=O)=O. The van der Waals surface area contributed by atoms with Crippen molar-refractivity contribution in [3.63, 3.8) is 0 Å². The Morgan fingerprint density at radius 1 is 0.923 bits per heavy atom. The summed E-state index contributed by atoms with van der Waals surface area (Å²) in [5.74, 6) is 0. The summed E-state index contributed by atoms with van der Waals surface area (Å²) in [6.45, 7) is 0. The van der Waals surface area contributed by atoms with Crippen LogP contribution in [0.15, 0.2) is 0 Å². The highest BCUT2D eigenvalue weighted by Crippen LogP contribution is 2.00. The molecule has 0 aromatic carbocycles. The second-order valence-corrected chi connectivity index (χ2v) is 9.12. The summed E-state index contributed by atoms with van der Waals surface area (Å²) in [6, 6.07) is 0. The van der Waals surface area contributed by atoms with E-state index in [4.69, 9.17) is 0 Å². The molecular weight excluding hydrogens is 240 g/mol. The van der Waals surface area contributed by atoms with Gasteiger partial charge in [-0.1, -0.05) is 0 Å². The quantitative estimate of drug-likeness (QED) is 0.596. The van der Waals surface area contributed by atoms with Crippen LogP contribution in [-0.2, 0) is 29.5 Å². The minimum atomic E-state index is -4.21. The second-order valence-electron chi connectivity index (χ2n) is 2.57. The molecular formula is C4H8O6S3. The molecule has 0 rings (SSSR count). The molecule has 0 atom stereocenters. The van der Waals surface area contributed by atoms with Crippen molar-refractivity contribution in [1.82, 2.24) is 0 Å². The minimum Gasteiger partial charge on any atom is -0.228 e. The third-order valence-corrected chi connectivity index (χ3v) is 6.64. The van der Waals surface area contributed by atoms with E-state index in [0.717, 1.165) is 0 Å². The fourth-order valence-corrected chi connectivity index (χ4v) is 6.11. The fourth-order valence-electron chi connectivity index (χ4n) is 0.610. The predicted octanol–water partition coefficient (Wildman–Crippen LogP) is -1.56. The van der Waals surface area contributed by atoms with E-state index in [-0.39, 0.29) is 0 Å². The van der Waals surface area contributed by atoms with E-state index in [1.54, 1.807) is 0 Å². The van der Waals surface area contributed by atoms with Crippen molar-refractivity contribution in [1.29, 1.82) is 0 Å². The van der Waals surface area contributed by atoms with E-state index < -0.39 is 39.7 Å². The summed E-state index contributed by atoms with van der Waals surface area (Å²) >= 11 is 0. The molecule has 0 bridgehead atoms. The third-order valence-electron chi connectivity index (χ3n) is 0.737. The Hall–Kier alpha value is -0.150. The molecule has 2 radical (unpaired) electrons. The molecule has 0 saturated carbocycles. The van der Waals surface area contributed by atoms with Crippen LogP contribution in [0, 0.1) is 6.26 Å². The Balaban J connectivity index is 4.86. The maximum Gasteiger partial charge on any atom is 0.178 e. The van der Waals surface area contributed by atoms with Gasteiger partial charge in [0.2, 0.25) is 0 Å². The molecule has 0 unspecified atom stereocenters. The molecule has 0 aromatic heterocycles. The zero-order chi connectivity index (χ0) is 10.9. The fraction of sp³-hybridized carbons (Fsp3) is 0.750. The van der Waals surface area contributed by atoms with Gasteiger partial charge >= 0.3 is 0 Å². The summed E-state index contributed by atoms with van der Waals surface area (Å²) in [4.78, 5) is 0. The first kappa shape index (κ1) is 12.8. The van der Waals surface area contributed by atoms with Crippen LogP contribution in [0.1, 0.15) is 0 Å². The molecule has 0 aliphatic rings. The third kappa shape index (κ3) is 8.19. The van der Waals surface area contributed by atoms with Gasteiger partial charge in [0.1, 0.15) is 0 Å². The van der Waals surface area contributed by atoms with Crippen LogP contribution in [0.5, 0.6) is 0 Å². The average molecular weight is 248 g/mol. The van der Waals surface area contributed by atoms with Gasteiger partial charge in [-0.05, 0) is 0 Å². The van der Waals surface area contributed by atoms with E-state index in [1.807, 2.05) is 0 Å². The number of hydrogen-bond acceptors (Lipinski definition) is 6. The highest BCUT2D eigenvalue weighted by atomic mass is 32.3. The highest BCUT2D eigenvalue weighted by molar-refractivity contribution is 8.14. The number of hydrogen-bond donors (Lipinski definition) is 0. The van der Waals surface area contributed by atoms with Crippen LogP contribution in [0.4, 0.5) is 0 Å². The summed E-state index contributed by atoms with van der Waals surface area (Å²) in [6.07, 6.45) is 5.13. The Labute approximate surface area is 77.7 Å². The van der Waals surface area contributed by atoms with Crippen LogP contribution in [0.3, 0.4) is 0 Å². The van der Waals surface area contributed by atoms with Crippen LogP contribution in [0.2, 0.25) is 0 Å². The van der Waals surface area contributed by atoms with Crippen LogP contribution >= 0.6 is 0 Å². The van der Waals surface area contributed by atoms with Gasteiger partial charge in [0.15, 0.2) is 39.7 Å². The van der Waals surface area contributed by atoms with Gasteiger partial charge in [-0.25, -0.2) is 25.3 Å². The molecule has 0 aromatic rings. The van der Waals surface area contributed by atoms with Gasteiger partial charge in [0, 0.05) is 6.26 Å². The summed E-state index contributed by atoms with van der Waals surface area (Å²) < 4.78 is 63.4. The maximum absolute atomic E-state index is 10.8. The van der Waals surface area contributed by atoms with Crippen molar-refractivity contribution in [3.05, 3.63) is 6.26 Å². The largest absolute Gasteiger partial charge is 0.228 e. The molecule has 0 aliphatic heterocycles. The smallest absolute Gasteiger partial charge is 0.178 e. The molecule has 6 nitrogen and oxygen atoms in total. The van der Waals surface area contributed by atoms with Gasteiger partial charge in [0.25, 0.3) is 0 Å². The lowest BCUT2D eigenvalue weighted by Crippen LogP contribution is -2.21. The summed E-state index contributed by atoms with van der Waals surface area (Å²) in [7, 11) is -12.2.